The Hall–Kier alpha value is -2.50. The van der Waals surface area contributed by atoms with Crippen molar-refractivity contribution in [3.63, 3.8) is 0 Å². The molecule has 4 fully saturated rings. The summed E-state index contributed by atoms with van der Waals surface area (Å²) in [5, 5.41) is 3.13. The van der Waals surface area contributed by atoms with Gasteiger partial charge >= 0.3 is 5.97 Å². The first-order valence-corrected chi connectivity index (χ1v) is 16.8. The number of ketones is 1. The van der Waals surface area contributed by atoms with Crippen molar-refractivity contribution >= 4 is 23.5 Å². The van der Waals surface area contributed by atoms with E-state index < -0.39 is 5.41 Å². The molecule has 1 amide bonds. The van der Waals surface area contributed by atoms with Crippen molar-refractivity contribution in [1.29, 1.82) is 0 Å². The summed E-state index contributed by atoms with van der Waals surface area (Å²) in [4.78, 5) is 44.5. The first-order chi connectivity index (χ1) is 20.1. The van der Waals surface area contributed by atoms with Crippen LogP contribution in [0, 0.1) is 50.7 Å². The quantitative estimate of drug-likeness (QED) is 0.361. The Morgan fingerprint density at radius 1 is 0.930 bits per heavy atom. The highest BCUT2D eigenvalue weighted by molar-refractivity contribution is 6.09. The van der Waals surface area contributed by atoms with Gasteiger partial charge in [0.1, 0.15) is 11.9 Å². The fraction of sp³-hybridized carbons (Fsp3) is 0.730. The summed E-state index contributed by atoms with van der Waals surface area (Å²) in [5.41, 5.74) is 1.48. The number of pyridine rings is 1. The number of aromatic nitrogens is 1. The van der Waals surface area contributed by atoms with Gasteiger partial charge in [0.05, 0.1) is 5.41 Å². The van der Waals surface area contributed by atoms with E-state index in [0.717, 1.165) is 50.5 Å². The second-order valence-electron chi connectivity index (χ2n) is 16.4. The Morgan fingerprint density at radius 2 is 1.67 bits per heavy atom. The molecule has 0 radical (unpaired) electrons. The van der Waals surface area contributed by atoms with Gasteiger partial charge in [-0.25, -0.2) is 4.98 Å². The Labute approximate surface area is 258 Å². The zero-order chi connectivity index (χ0) is 31.2. The average Bonchev–Trinajstić information content (AvgIpc) is 3.24. The Morgan fingerprint density at radius 3 is 2.33 bits per heavy atom. The smallest absolute Gasteiger partial charge is 0.302 e. The number of nitrogens with one attached hydrogen (secondary N) is 1. The van der Waals surface area contributed by atoms with Crippen molar-refractivity contribution in [1.82, 2.24) is 4.98 Å². The molecule has 0 aliphatic heterocycles. The number of anilines is 1. The highest BCUT2D eigenvalue weighted by Crippen LogP contribution is 2.76. The highest BCUT2D eigenvalue weighted by Gasteiger charge is 2.71. The van der Waals surface area contributed by atoms with Gasteiger partial charge in [-0.3, -0.25) is 14.4 Å². The third-order valence-electron chi connectivity index (χ3n) is 14.0. The van der Waals surface area contributed by atoms with E-state index in [1.54, 1.807) is 6.20 Å². The second kappa shape index (κ2) is 10.0. The molecular formula is C37H52N2O4. The zero-order valence-corrected chi connectivity index (χ0v) is 27.6. The van der Waals surface area contributed by atoms with Crippen molar-refractivity contribution in [2.24, 2.45) is 50.7 Å². The molecule has 1 heterocycles. The molecule has 234 valence electrons. The maximum atomic E-state index is 14.3. The van der Waals surface area contributed by atoms with Gasteiger partial charge in [-0.15, -0.1) is 0 Å². The number of amides is 1. The number of carbonyl (C=O) groups excluding carboxylic acids is 3. The van der Waals surface area contributed by atoms with E-state index in [0.29, 0.717) is 24.1 Å². The van der Waals surface area contributed by atoms with E-state index in [-0.39, 0.29) is 63.7 Å². The number of Topliss-reactive ketones (excluding diaryl/α,β-unsaturated/α-hetero) is 1. The molecule has 1 aromatic heterocycles. The first kappa shape index (κ1) is 30.5. The van der Waals surface area contributed by atoms with Crippen molar-refractivity contribution in [2.75, 3.05) is 5.32 Å². The summed E-state index contributed by atoms with van der Waals surface area (Å²) in [5.74, 6) is 1.83. The van der Waals surface area contributed by atoms with Crippen LogP contribution in [-0.2, 0) is 19.1 Å². The molecule has 6 rings (SSSR count). The molecule has 43 heavy (non-hydrogen) atoms. The van der Waals surface area contributed by atoms with Gasteiger partial charge < -0.3 is 10.1 Å². The Balaban J connectivity index is 1.39. The number of carbonyl (C=O) groups is 3. The molecular weight excluding hydrogens is 536 g/mol. The van der Waals surface area contributed by atoms with E-state index >= 15 is 0 Å². The number of esters is 1. The number of hydrogen-bond donors (Lipinski definition) is 1. The first-order valence-electron chi connectivity index (χ1n) is 16.8. The minimum atomic E-state index is -0.785. The predicted octanol–water partition coefficient (Wildman–Crippen LogP) is 7.93. The molecule has 0 unspecified atom stereocenters. The van der Waals surface area contributed by atoms with Gasteiger partial charge in [-0.1, -0.05) is 54.5 Å². The van der Waals surface area contributed by atoms with Crippen molar-refractivity contribution in [3.05, 3.63) is 35.5 Å². The summed E-state index contributed by atoms with van der Waals surface area (Å²) >= 11 is 0. The SMILES string of the molecule is CC(=O)O[C@H]1CC[C@]2(C)[C@H]3CC[C@@H]4C5=C(C(C)C)C(=O)C[C@]5(C(=O)Nc5ccccn5)CC[C@@]4(C)[C@]3(C)CC[C@H]2C1(C)C. The molecule has 8 atom stereocenters. The number of nitrogens with zero attached hydrogens (tertiary/aromatic N) is 1. The molecule has 5 aliphatic rings. The number of allylic oxidation sites excluding steroid dienone is 1. The minimum Gasteiger partial charge on any atom is -0.462 e. The normalized spacial score (nSPS) is 41.6. The summed E-state index contributed by atoms with van der Waals surface area (Å²) in [6.45, 7) is 18.1. The highest BCUT2D eigenvalue weighted by atomic mass is 16.5. The van der Waals surface area contributed by atoms with Gasteiger partial charge in [0.2, 0.25) is 5.91 Å². The van der Waals surface area contributed by atoms with Crippen LogP contribution in [0.15, 0.2) is 35.5 Å². The van der Waals surface area contributed by atoms with E-state index in [2.05, 4.69) is 58.8 Å². The number of hydrogen-bond acceptors (Lipinski definition) is 5. The van der Waals surface area contributed by atoms with Crippen LogP contribution in [0.4, 0.5) is 5.82 Å². The molecule has 6 nitrogen and oxygen atoms in total. The molecule has 5 aliphatic carbocycles. The van der Waals surface area contributed by atoms with Crippen molar-refractivity contribution in [2.45, 2.75) is 119 Å². The largest absolute Gasteiger partial charge is 0.462 e. The standard InChI is InChI=1S/C37H52N2O4/c1-22(2)30-25(41)21-37(32(42)39-29-11-9-10-20-38-29)19-18-35(7)24(31(30)37)12-13-27-34(6)16-15-28(43-23(3)40)33(4,5)26(34)14-17-36(27,35)8/h9-11,20,22,24,26-28H,12-19,21H2,1-8H3,(H,38,39,42)/t24-,26+,27-,28+,34+,35-,36-,37-/m1/s1. The van der Waals surface area contributed by atoms with Gasteiger partial charge in [0.25, 0.3) is 0 Å². The van der Waals surface area contributed by atoms with Crippen LogP contribution in [0.5, 0.6) is 0 Å². The van der Waals surface area contributed by atoms with E-state index in [1.807, 2.05) is 18.2 Å². The molecule has 1 N–H and O–H groups in total. The second-order valence-corrected chi connectivity index (χ2v) is 16.4. The lowest BCUT2D eigenvalue weighted by molar-refractivity contribution is -0.232. The van der Waals surface area contributed by atoms with Crippen molar-refractivity contribution < 1.29 is 19.1 Å². The molecule has 0 aromatic carbocycles. The topological polar surface area (TPSA) is 85.4 Å². The van der Waals surface area contributed by atoms with Crippen LogP contribution >= 0.6 is 0 Å². The fourth-order valence-corrected chi connectivity index (χ4v) is 12.0. The summed E-state index contributed by atoms with van der Waals surface area (Å²) in [7, 11) is 0. The molecule has 6 heteroatoms. The average molecular weight is 589 g/mol. The minimum absolute atomic E-state index is 0.00432. The maximum Gasteiger partial charge on any atom is 0.302 e. The number of fused-ring (bicyclic) bond motifs is 7. The maximum absolute atomic E-state index is 14.3. The van der Waals surface area contributed by atoms with Gasteiger partial charge in [-0.2, -0.15) is 0 Å². The summed E-state index contributed by atoms with van der Waals surface area (Å²) < 4.78 is 5.92. The molecule has 0 saturated heterocycles. The predicted molar refractivity (Wildman–Crippen MR) is 168 cm³/mol. The molecule has 1 aromatic rings. The lowest BCUT2D eigenvalue weighted by Gasteiger charge is -2.72. The van der Waals surface area contributed by atoms with Crippen LogP contribution in [0.3, 0.4) is 0 Å². The van der Waals surface area contributed by atoms with Crippen molar-refractivity contribution in [3.8, 4) is 0 Å². The fourth-order valence-electron chi connectivity index (χ4n) is 12.0. The van der Waals surface area contributed by atoms with E-state index in [4.69, 9.17) is 4.74 Å². The Bertz CT molecular complexity index is 1370. The van der Waals surface area contributed by atoms with Gasteiger partial charge in [0.15, 0.2) is 5.78 Å². The number of ether oxygens (including phenoxy) is 1. The van der Waals surface area contributed by atoms with Gasteiger partial charge in [0, 0.05) is 25.0 Å². The molecule has 0 bridgehead atoms. The van der Waals surface area contributed by atoms with E-state index in [9.17, 15) is 14.4 Å². The Kier molecular flexibility index (Phi) is 7.10. The molecule has 4 saturated carbocycles. The van der Waals surface area contributed by atoms with Crippen LogP contribution in [0.25, 0.3) is 0 Å². The summed E-state index contributed by atoms with van der Waals surface area (Å²) in [6.07, 6.45) is 9.98. The lowest BCUT2D eigenvalue weighted by atomic mass is 9.33. The van der Waals surface area contributed by atoms with Crippen LogP contribution < -0.4 is 5.32 Å². The molecule has 0 spiro atoms. The van der Waals surface area contributed by atoms with E-state index in [1.165, 1.54) is 12.5 Å². The third-order valence-corrected chi connectivity index (χ3v) is 14.0. The zero-order valence-electron chi connectivity index (χ0n) is 27.6. The summed E-state index contributed by atoms with van der Waals surface area (Å²) in [6, 6.07) is 5.56. The van der Waals surface area contributed by atoms with Crippen LogP contribution in [0.1, 0.15) is 113 Å². The van der Waals surface area contributed by atoms with Crippen LogP contribution in [-0.4, -0.2) is 28.7 Å². The lowest BCUT2D eigenvalue weighted by Crippen LogP contribution is -2.66. The monoisotopic (exact) mass is 588 g/mol. The van der Waals surface area contributed by atoms with Crippen LogP contribution in [0.2, 0.25) is 0 Å². The third kappa shape index (κ3) is 4.16. The van der Waals surface area contributed by atoms with Gasteiger partial charge in [-0.05, 0) is 115 Å². The number of rotatable bonds is 4.